The first-order valence-corrected chi connectivity index (χ1v) is 8.02. The van der Waals surface area contributed by atoms with Gasteiger partial charge >= 0.3 is 0 Å². The maximum Gasteiger partial charge on any atom is -0.0354 e. The van der Waals surface area contributed by atoms with Gasteiger partial charge in [-0.25, -0.2) is 0 Å². The van der Waals surface area contributed by atoms with Crippen molar-refractivity contribution in [3.8, 4) is 0 Å². The molecule has 0 saturated heterocycles. The molecule has 1 atom stereocenters. The summed E-state index contributed by atoms with van der Waals surface area (Å²) in [4.78, 5) is 0. The van der Waals surface area contributed by atoms with Gasteiger partial charge < -0.3 is 0 Å². The molecule has 0 amide bonds. The molecule has 0 rings (SSSR count). The fraction of sp³-hybridized carbons (Fsp3) is 1.00. The van der Waals surface area contributed by atoms with E-state index in [4.69, 9.17) is 0 Å². The molecule has 17 heavy (non-hydrogen) atoms. The van der Waals surface area contributed by atoms with Gasteiger partial charge in [-0.3, -0.25) is 0 Å². The maximum atomic E-state index is 2.42. The lowest BCUT2D eigenvalue weighted by Crippen LogP contribution is -2.20. The van der Waals surface area contributed by atoms with Crippen LogP contribution in [0.1, 0.15) is 98.8 Å². The van der Waals surface area contributed by atoms with Gasteiger partial charge in [-0.1, -0.05) is 86.0 Å². The smallest absolute Gasteiger partial charge is 0.0354 e. The lowest BCUT2D eigenvalue weighted by atomic mass is 9.75. The van der Waals surface area contributed by atoms with Gasteiger partial charge in [0, 0.05) is 0 Å². The Morgan fingerprint density at radius 2 is 1.12 bits per heavy atom. The molecule has 0 fully saturated rings. The molecule has 0 aromatic carbocycles. The molecular weight excluding hydrogens is 204 g/mol. The quantitative estimate of drug-likeness (QED) is 0.378. The van der Waals surface area contributed by atoms with Gasteiger partial charge in [0.15, 0.2) is 0 Å². The highest BCUT2D eigenvalue weighted by atomic mass is 14.3. The molecule has 0 nitrogen and oxygen atoms in total. The van der Waals surface area contributed by atoms with Crippen molar-refractivity contribution in [2.24, 2.45) is 11.3 Å². The molecule has 0 aliphatic heterocycles. The van der Waals surface area contributed by atoms with E-state index in [1.165, 1.54) is 64.2 Å². The molecule has 1 unspecified atom stereocenters. The van der Waals surface area contributed by atoms with E-state index in [-0.39, 0.29) is 0 Å². The van der Waals surface area contributed by atoms with E-state index < -0.39 is 0 Å². The second kappa shape index (κ2) is 9.97. The van der Waals surface area contributed by atoms with Crippen LogP contribution in [0.25, 0.3) is 0 Å². The van der Waals surface area contributed by atoms with E-state index in [0.717, 1.165) is 5.92 Å². The van der Waals surface area contributed by atoms with Crippen LogP contribution in [-0.2, 0) is 0 Å². The summed E-state index contributed by atoms with van der Waals surface area (Å²) in [6.45, 7) is 11.9. The van der Waals surface area contributed by atoms with Gasteiger partial charge in [-0.2, -0.15) is 0 Å². The summed E-state index contributed by atoms with van der Waals surface area (Å²) >= 11 is 0. The molecule has 0 bridgehead atoms. The Hall–Kier alpha value is 0. The van der Waals surface area contributed by atoms with Crippen LogP contribution >= 0.6 is 0 Å². The minimum atomic E-state index is 0.512. The Morgan fingerprint density at radius 1 is 0.647 bits per heavy atom. The number of hydrogen-bond acceptors (Lipinski definition) is 0. The van der Waals surface area contributed by atoms with Crippen LogP contribution < -0.4 is 0 Å². The Labute approximate surface area is 111 Å². The standard InChI is InChI=1S/C17H36/c1-6-8-10-11-12-13-15-16(14-9-7-2)17(3,4)5/h16H,6-15H2,1-5H3. The second-order valence-corrected chi connectivity index (χ2v) is 6.76. The largest absolute Gasteiger partial charge is 0.0654 e. The number of hydrogen-bond donors (Lipinski definition) is 0. The molecule has 104 valence electrons. The Kier molecular flexibility index (Phi) is 9.97. The summed E-state index contributed by atoms with van der Waals surface area (Å²) in [5.74, 6) is 0.939. The van der Waals surface area contributed by atoms with Crippen molar-refractivity contribution in [2.75, 3.05) is 0 Å². The molecule has 0 heterocycles. The van der Waals surface area contributed by atoms with Crippen LogP contribution in [0.5, 0.6) is 0 Å². The predicted molar refractivity (Wildman–Crippen MR) is 80.5 cm³/mol. The van der Waals surface area contributed by atoms with Crippen LogP contribution in [0, 0.1) is 11.3 Å². The fourth-order valence-corrected chi connectivity index (χ4v) is 2.63. The van der Waals surface area contributed by atoms with Crippen LogP contribution in [0.2, 0.25) is 0 Å². The van der Waals surface area contributed by atoms with Crippen molar-refractivity contribution < 1.29 is 0 Å². The minimum absolute atomic E-state index is 0.512. The van der Waals surface area contributed by atoms with E-state index in [1.807, 2.05) is 0 Å². The Morgan fingerprint density at radius 3 is 1.65 bits per heavy atom. The zero-order valence-corrected chi connectivity index (χ0v) is 13.1. The minimum Gasteiger partial charge on any atom is -0.0654 e. The van der Waals surface area contributed by atoms with E-state index >= 15 is 0 Å². The third kappa shape index (κ3) is 9.68. The zero-order valence-electron chi connectivity index (χ0n) is 13.1. The van der Waals surface area contributed by atoms with Crippen molar-refractivity contribution in [2.45, 2.75) is 98.8 Å². The van der Waals surface area contributed by atoms with Crippen LogP contribution in [0.15, 0.2) is 0 Å². The first kappa shape index (κ1) is 17.0. The maximum absolute atomic E-state index is 2.42. The van der Waals surface area contributed by atoms with Gasteiger partial charge in [0.05, 0.1) is 0 Å². The summed E-state index contributed by atoms with van der Waals surface area (Å²) < 4.78 is 0. The fourth-order valence-electron chi connectivity index (χ4n) is 2.63. The van der Waals surface area contributed by atoms with Gasteiger partial charge in [0.25, 0.3) is 0 Å². The van der Waals surface area contributed by atoms with Crippen molar-refractivity contribution in [3.05, 3.63) is 0 Å². The van der Waals surface area contributed by atoms with Gasteiger partial charge in [-0.05, 0) is 24.2 Å². The molecule has 0 saturated carbocycles. The molecule has 0 N–H and O–H groups in total. The first-order valence-electron chi connectivity index (χ1n) is 8.02. The molecule has 0 aromatic heterocycles. The number of rotatable bonds is 10. The summed E-state index contributed by atoms with van der Waals surface area (Å²) in [6.07, 6.45) is 14.3. The average molecular weight is 240 g/mol. The highest BCUT2D eigenvalue weighted by molar-refractivity contribution is 4.74. The second-order valence-electron chi connectivity index (χ2n) is 6.76. The van der Waals surface area contributed by atoms with Gasteiger partial charge in [0.1, 0.15) is 0 Å². The highest BCUT2D eigenvalue weighted by Crippen LogP contribution is 2.34. The first-order chi connectivity index (χ1) is 8.02. The molecule has 0 radical (unpaired) electrons. The summed E-state index contributed by atoms with van der Waals surface area (Å²) in [6, 6.07) is 0. The van der Waals surface area contributed by atoms with Crippen molar-refractivity contribution in [1.29, 1.82) is 0 Å². The Balaban J connectivity index is 3.69. The van der Waals surface area contributed by atoms with Crippen LogP contribution in [0.4, 0.5) is 0 Å². The van der Waals surface area contributed by atoms with Crippen LogP contribution in [-0.4, -0.2) is 0 Å². The van der Waals surface area contributed by atoms with E-state index in [1.54, 1.807) is 0 Å². The predicted octanol–water partition coefficient (Wildman–Crippen LogP) is 6.59. The van der Waals surface area contributed by atoms with Crippen LogP contribution in [0.3, 0.4) is 0 Å². The van der Waals surface area contributed by atoms with E-state index in [0.29, 0.717) is 5.41 Å². The molecular formula is C17H36. The van der Waals surface area contributed by atoms with Gasteiger partial charge in [-0.15, -0.1) is 0 Å². The zero-order chi connectivity index (χ0) is 13.1. The highest BCUT2D eigenvalue weighted by Gasteiger charge is 2.23. The van der Waals surface area contributed by atoms with E-state index in [9.17, 15) is 0 Å². The summed E-state index contributed by atoms with van der Waals surface area (Å²) in [5, 5.41) is 0. The SMILES string of the molecule is CCCCCCCCC(CCCC)C(C)(C)C. The van der Waals surface area contributed by atoms with Crippen molar-refractivity contribution in [3.63, 3.8) is 0 Å². The van der Waals surface area contributed by atoms with E-state index in [2.05, 4.69) is 34.6 Å². The summed E-state index contributed by atoms with van der Waals surface area (Å²) in [7, 11) is 0. The molecule has 0 heteroatoms. The lowest BCUT2D eigenvalue weighted by molar-refractivity contribution is 0.202. The summed E-state index contributed by atoms with van der Waals surface area (Å²) in [5.41, 5.74) is 0.512. The monoisotopic (exact) mass is 240 g/mol. The van der Waals surface area contributed by atoms with Crippen molar-refractivity contribution >= 4 is 0 Å². The third-order valence-corrected chi connectivity index (χ3v) is 4.04. The topological polar surface area (TPSA) is 0 Å². The lowest BCUT2D eigenvalue weighted by Gasteiger charge is -2.31. The van der Waals surface area contributed by atoms with Crippen molar-refractivity contribution in [1.82, 2.24) is 0 Å². The number of unbranched alkanes of at least 4 members (excludes halogenated alkanes) is 6. The Bertz CT molecular complexity index is 152. The molecule has 0 aliphatic rings. The molecule has 0 aliphatic carbocycles. The normalized spacial score (nSPS) is 13.9. The average Bonchev–Trinajstić information content (AvgIpc) is 2.25. The molecule has 0 aromatic rings. The van der Waals surface area contributed by atoms with Gasteiger partial charge in [0.2, 0.25) is 0 Å². The third-order valence-electron chi connectivity index (χ3n) is 4.04. The molecule has 0 spiro atoms.